The number of halogens is 1. The SMILES string of the molecule is Cl.O=C(CC1CSCCN1)NCCC1CCOCC1. The second-order valence-electron chi connectivity index (χ2n) is 5.12. The molecule has 0 spiro atoms. The maximum atomic E-state index is 11.8. The number of amides is 1. The van der Waals surface area contributed by atoms with Crippen molar-refractivity contribution in [1.29, 1.82) is 0 Å². The zero-order chi connectivity index (χ0) is 12.6. The van der Waals surface area contributed by atoms with Crippen LogP contribution in [0.25, 0.3) is 0 Å². The average Bonchev–Trinajstić information content (AvgIpc) is 2.41. The first-order valence-corrected chi connectivity index (χ1v) is 8.15. The van der Waals surface area contributed by atoms with Gasteiger partial charge in [-0.15, -0.1) is 12.4 Å². The van der Waals surface area contributed by atoms with Crippen molar-refractivity contribution in [1.82, 2.24) is 10.6 Å². The lowest BCUT2D eigenvalue weighted by Gasteiger charge is -2.23. The number of rotatable bonds is 5. The van der Waals surface area contributed by atoms with Crippen LogP contribution in [0.2, 0.25) is 0 Å². The third-order valence-corrected chi connectivity index (χ3v) is 4.78. The number of hydrogen-bond donors (Lipinski definition) is 2. The minimum absolute atomic E-state index is 0. The van der Waals surface area contributed by atoms with E-state index in [1.54, 1.807) is 0 Å². The van der Waals surface area contributed by atoms with Crippen molar-refractivity contribution in [3.8, 4) is 0 Å². The van der Waals surface area contributed by atoms with Gasteiger partial charge in [0.1, 0.15) is 0 Å². The van der Waals surface area contributed by atoms with E-state index in [0.717, 1.165) is 57.2 Å². The summed E-state index contributed by atoms with van der Waals surface area (Å²) in [7, 11) is 0. The molecule has 0 aliphatic carbocycles. The van der Waals surface area contributed by atoms with Gasteiger partial charge in [0.25, 0.3) is 0 Å². The van der Waals surface area contributed by atoms with E-state index in [1.807, 2.05) is 11.8 Å². The summed E-state index contributed by atoms with van der Waals surface area (Å²) in [5.74, 6) is 3.17. The third-order valence-electron chi connectivity index (χ3n) is 3.65. The molecule has 19 heavy (non-hydrogen) atoms. The zero-order valence-corrected chi connectivity index (χ0v) is 13.0. The van der Waals surface area contributed by atoms with Gasteiger partial charge in [0.05, 0.1) is 0 Å². The summed E-state index contributed by atoms with van der Waals surface area (Å²) in [4.78, 5) is 11.8. The molecule has 1 amide bonds. The van der Waals surface area contributed by atoms with Crippen LogP contribution in [-0.4, -0.2) is 49.8 Å². The van der Waals surface area contributed by atoms with Gasteiger partial charge in [0, 0.05) is 50.3 Å². The van der Waals surface area contributed by atoms with Crippen LogP contribution in [0.4, 0.5) is 0 Å². The van der Waals surface area contributed by atoms with Gasteiger partial charge in [-0.25, -0.2) is 0 Å². The Balaban J connectivity index is 0.00000180. The van der Waals surface area contributed by atoms with Gasteiger partial charge in [-0.1, -0.05) is 0 Å². The van der Waals surface area contributed by atoms with E-state index in [2.05, 4.69) is 10.6 Å². The van der Waals surface area contributed by atoms with Crippen molar-refractivity contribution in [2.24, 2.45) is 5.92 Å². The molecule has 0 aromatic rings. The van der Waals surface area contributed by atoms with Gasteiger partial charge >= 0.3 is 0 Å². The molecule has 6 heteroatoms. The Morgan fingerprint density at radius 2 is 2.16 bits per heavy atom. The van der Waals surface area contributed by atoms with Gasteiger partial charge in [0.15, 0.2) is 0 Å². The smallest absolute Gasteiger partial charge is 0.221 e. The molecule has 2 heterocycles. The van der Waals surface area contributed by atoms with Crippen molar-refractivity contribution in [2.75, 3.05) is 37.8 Å². The van der Waals surface area contributed by atoms with E-state index in [1.165, 1.54) is 5.75 Å². The Morgan fingerprint density at radius 1 is 1.37 bits per heavy atom. The zero-order valence-electron chi connectivity index (χ0n) is 11.4. The van der Waals surface area contributed by atoms with Gasteiger partial charge in [-0.05, 0) is 25.2 Å². The predicted molar refractivity (Wildman–Crippen MR) is 82.2 cm³/mol. The molecule has 0 radical (unpaired) electrons. The number of hydrogen-bond acceptors (Lipinski definition) is 4. The number of carbonyl (C=O) groups is 1. The molecule has 0 aromatic carbocycles. The van der Waals surface area contributed by atoms with Crippen LogP contribution < -0.4 is 10.6 Å². The minimum Gasteiger partial charge on any atom is -0.381 e. The first-order chi connectivity index (χ1) is 8.84. The first-order valence-electron chi connectivity index (χ1n) is 7.00. The van der Waals surface area contributed by atoms with Crippen molar-refractivity contribution in [3.05, 3.63) is 0 Å². The highest BCUT2D eigenvalue weighted by molar-refractivity contribution is 7.99. The molecule has 2 rings (SSSR count). The van der Waals surface area contributed by atoms with E-state index in [0.29, 0.717) is 12.5 Å². The lowest BCUT2D eigenvalue weighted by molar-refractivity contribution is -0.121. The monoisotopic (exact) mass is 308 g/mol. The normalized spacial score (nSPS) is 24.5. The predicted octanol–water partition coefficient (Wildman–Crippen LogP) is 1.44. The molecule has 1 unspecified atom stereocenters. The summed E-state index contributed by atoms with van der Waals surface area (Å²) >= 11 is 1.94. The van der Waals surface area contributed by atoms with Gasteiger partial charge in [-0.2, -0.15) is 11.8 Å². The van der Waals surface area contributed by atoms with Crippen LogP contribution >= 0.6 is 24.2 Å². The Labute approximate surface area is 126 Å². The first kappa shape index (κ1) is 17.1. The largest absolute Gasteiger partial charge is 0.381 e. The number of carbonyl (C=O) groups excluding carboxylic acids is 1. The maximum absolute atomic E-state index is 11.8. The number of thioether (sulfide) groups is 1. The van der Waals surface area contributed by atoms with Crippen molar-refractivity contribution >= 4 is 30.1 Å². The molecule has 2 fully saturated rings. The van der Waals surface area contributed by atoms with Gasteiger partial charge in [-0.3, -0.25) is 4.79 Å². The average molecular weight is 309 g/mol. The highest BCUT2D eigenvalue weighted by Gasteiger charge is 2.17. The summed E-state index contributed by atoms with van der Waals surface area (Å²) in [5.41, 5.74) is 0. The molecular weight excluding hydrogens is 284 g/mol. The molecule has 2 aliphatic rings. The van der Waals surface area contributed by atoms with Crippen LogP contribution in [0.3, 0.4) is 0 Å². The molecule has 2 N–H and O–H groups in total. The fourth-order valence-electron chi connectivity index (χ4n) is 2.50. The lowest BCUT2D eigenvalue weighted by atomic mass is 9.97. The quantitative estimate of drug-likeness (QED) is 0.807. The Hall–Kier alpha value is 0.0300. The minimum atomic E-state index is 0. The van der Waals surface area contributed by atoms with Crippen LogP contribution in [0.15, 0.2) is 0 Å². The van der Waals surface area contributed by atoms with E-state index in [4.69, 9.17) is 4.74 Å². The van der Waals surface area contributed by atoms with Gasteiger partial charge < -0.3 is 15.4 Å². The van der Waals surface area contributed by atoms with E-state index in [-0.39, 0.29) is 18.3 Å². The van der Waals surface area contributed by atoms with E-state index in [9.17, 15) is 4.79 Å². The Kier molecular flexibility index (Phi) is 8.86. The van der Waals surface area contributed by atoms with E-state index >= 15 is 0 Å². The topological polar surface area (TPSA) is 50.4 Å². The molecule has 0 bridgehead atoms. The summed E-state index contributed by atoms with van der Waals surface area (Å²) in [6, 6.07) is 0.367. The molecule has 112 valence electrons. The van der Waals surface area contributed by atoms with E-state index < -0.39 is 0 Å². The van der Waals surface area contributed by atoms with Crippen LogP contribution in [-0.2, 0) is 9.53 Å². The summed E-state index contributed by atoms with van der Waals surface area (Å²) in [6.45, 7) is 3.64. The lowest BCUT2D eigenvalue weighted by Crippen LogP contribution is -2.41. The highest BCUT2D eigenvalue weighted by Crippen LogP contribution is 2.17. The molecule has 4 nitrogen and oxygen atoms in total. The molecule has 1 atom stereocenters. The van der Waals surface area contributed by atoms with Gasteiger partial charge in [0.2, 0.25) is 5.91 Å². The molecular formula is C13H25ClN2O2S. The van der Waals surface area contributed by atoms with Crippen LogP contribution in [0.1, 0.15) is 25.7 Å². The standard InChI is InChI=1S/C13H24N2O2S.ClH/c16-13(9-12-10-18-8-5-14-12)15-4-1-11-2-6-17-7-3-11;/h11-12,14H,1-10H2,(H,15,16);1H. The fraction of sp³-hybridized carbons (Fsp3) is 0.923. The molecule has 0 saturated carbocycles. The van der Waals surface area contributed by atoms with Crippen molar-refractivity contribution in [2.45, 2.75) is 31.7 Å². The number of nitrogens with one attached hydrogen (secondary N) is 2. The van der Waals surface area contributed by atoms with Crippen LogP contribution in [0, 0.1) is 5.92 Å². The fourth-order valence-corrected chi connectivity index (χ4v) is 3.45. The molecule has 2 saturated heterocycles. The molecule has 2 aliphatic heterocycles. The van der Waals surface area contributed by atoms with Crippen LogP contribution in [0.5, 0.6) is 0 Å². The molecule has 0 aromatic heterocycles. The second-order valence-corrected chi connectivity index (χ2v) is 6.27. The Bertz CT molecular complexity index is 257. The van der Waals surface area contributed by atoms with Crippen molar-refractivity contribution < 1.29 is 9.53 Å². The highest BCUT2D eigenvalue weighted by atomic mass is 35.5. The summed E-state index contributed by atoms with van der Waals surface area (Å²) < 4.78 is 5.33. The summed E-state index contributed by atoms with van der Waals surface area (Å²) in [6.07, 6.45) is 4.02. The van der Waals surface area contributed by atoms with Crippen molar-refractivity contribution in [3.63, 3.8) is 0 Å². The second kappa shape index (κ2) is 9.86. The third kappa shape index (κ3) is 6.84. The Morgan fingerprint density at radius 3 is 2.84 bits per heavy atom. The maximum Gasteiger partial charge on any atom is 0.221 e. The number of ether oxygens (including phenoxy) is 1. The summed E-state index contributed by atoms with van der Waals surface area (Å²) in [5, 5.41) is 6.44.